The summed E-state index contributed by atoms with van der Waals surface area (Å²) in [7, 11) is 1.27. The molecule has 0 aromatic heterocycles. The zero-order valence-electron chi connectivity index (χ0n) is 31.4. The second kappa shape index (κ2) is 19.9. The van der Waals surface area contributed by atoms with E-state index in [2.05, 4.69) is 16.0 Å². The van der Waals surface area contributed by atoms with Gasteiger partial charge in [0.2, 0.25) is 5.91 Å². The summed E-state index contributed by atoms with van der Waals surface area (Å²) in [6, 6.07) is 26.2. The van der Waals surface area contributed by atoms with Crippen LogP contribution in [0.1, 0.15) is 57.7 Å². The minimum absolute atomic E-state index is 0.0483. The van der Waals surface area contributed by atoms with E-state index >= 15 is 0 Å². The molecule has 0 saturated carbocycles. The minimum Gasteiger partial charge on any atom is -0.467 e. The third-order valence-corrected chi connectivity index (χ3v) is 8.41. The number of amides is 3. The summed E-state index contributed by atoms with van der Waals surface area (Å²) in [6.45, 7) is 9.42. The molecule has 1 heterocycles. The van der Waals surface area contributed by atoms with Gasteiger partial charge in [-0.05, 0) is 49.8 Å². The summed E-state index contributed by atoms with van der Waals surface area (Å²) in [6.07, 6.45) is -4.03. The lowest BCUT2D eigenvalue weighted by atomic mass is 10.0. The van der Waals surface area contributed by atoms with Gasteiger partial charge < -0.3 is 39.6 Å². The van der Waals surface area contributed by atoms with Gasteiger partial charge in [-0.15, -0.1) is 0 Å². The maximum atomic E-state index is 14.4. The molecule has 1 saturated heterocycles. The number of ether oxygens (including phenoxy) is 5. The number of hydrogen-bond donors (Lipinski definition) is 3. The van der Waals surface area contributed by atoms with E-state index in [0.717, 1.165) is 16.7 Å². The van der Waals surface area contributed by atoms with Crippen LogP contribution < -0.4 is 16.0 Å². The number of rotatable bonds is 17. The van der Waals surface area contributed by atoms with Gasteiger partial charge in [0.1, 0.15) is 36.0 Å². The highest BCUT2D eigenvalue weighted by Crippen LogP contribution is 2.29. The van der Waals surface area contributed by atoms with E-state index in [1.165, 1.54) is 7.11 Å². The third-order valence-electron chi connectivity index (χ3n) is 8.41. The highest BCUT2D eigenvalue weighted by molar-refractivity contribution is 5.92. The van der Waals surface area contributed by atoms with Crippen LogP contribution in [-0.4, -0.2) is 79.6 Å². The molecular weight excluding hydrogens is 678 g/mol. The van der Waals surface area contributed by atoms with Crippen molar-refractivity contribution >= 4 is 23.9 Å². The number of nitrogens with one attached hydrogen (secondary N) is 3. The fraction of sp³-hybridized carbons (Fsp3) is 0.463. The van der Waals surface area contributed by atoms with Crippen LogP contribution in [0.2, 0.25) is 0 Å². The molecule has 3 N–H and O–H groups in total. The van der Waals surface area contributed by atoms with Gasteiger partial charge in [0.15, 0.2) is 6.10 Å². The summed E-state index contributed by atoms with van der Waals surface area (Å²) >= 11 is 0. The average Bonchev–Trinajstić information content (AvgIpc) is 3.48. The molecule has 6 atom stereocenters. The lowest BCUT2D eigenvalue weighted by Crippen LogP contribution is -2.56. The van der Waals surface area contributed by atoms with Crippen molar-refractivity contribution < 1.29 is 42.9 Å². The molecule has 286 valence electrons. The Morgan fingerprint density at radius 3 is 1.77 bits per heavy atom. The second-order valence-corrected chi connectivity index (χ2v) is 14.5. The van der Waals surface area contributed by atoms with E-state index in [4.69, 9.17) is 23.7 Å². The van der Waals surface area contributed by atoms with Crippen molar-refractivity contribution in [1.82, 2.24) is 16.0 Å². The number of hydrogen-bond acceptors (Lipinski definition) is 9. The fourth-order valence-corrected chi connectivity index (χ4v) is 5.93. The monoisotopic (exact) mass is 731 g/mol. The number of esters is 1. The topological polar surface area (TPSA) is 151 Å². The quantitative estimate of drug-likeness (QED) is 0.165. The molecular formula is C41H53N3O9. The van der Waals surface area contributed by atoms with Gasteiger partial charge in [-0.1, -0.05) is 105 Å². The molecule has 4 rings (SSSR count). The van der Waals surface area contributed by atoms with E-state index < -0.39 is 66.0 Å². The molecule has 0 bridgehead atoms. The molecule has 3 aromatic rings. The molecule has 0 aliphatic carbocycles. The Bertz CT molecular complexity index is 1600. The summed E-state index contributed by atoms with van der Waals surface area (Å²) in [5.41, 5.74) is 1.81. The highest BCUT2D eigenvalue weighted by atomic mass is 16.6. The first-order chi connectivity index (χ1) is 25.3. The molecule has 12 heteroatoms. The molecule has 1 aliphatic rings. The first-order valence-electron chi connectivity index (χ1n) is 18.0. The van der Waals surface area contributed by atoms with Crippen LogP contribution in [0, 0.1) is 5.92 Å². The van der Waals surface area contributed by atoms with Gasteiger partial charge >= 0.3 is 12.1 Å². The Hall–Kier alpha value is -4.78. The van der Waals surface area contributed by atoms with Crippen molar-refractivity contribution in [3.63, 3.8) is 0 Å². The number of carbonyl (C=O) groups is 4. The molecule has 0 unspecified atom stereocenters. The highest BCUT2D eigenvalue weighted by Gasteiger charge is 2.50. The molecule has 0 spiro atoms. The van der Waals surface area contributed by atoms with Crippen LogP contribution in [-0.2, 0) is 57.7 Å². The molecule has 3 aromatic carbocycles. The predicted octanol–water partition coefficient (Wildman–Crippen LogP) is 4.88. The number of alkyl carbamates (subject to hydrolysis) is 1. The van der Waals surface area contributed by atoms with Gasteiger partial charge in [-0.2, -0.15) is 0 Å². The van der Waals surface area contributed by atoms with Crippen LogP contribution in [0.4, 0.5) is 4.79 Å². The lowest BCUT2D eigenvalue weighted by molar-refractivity contribution is -0.146. The van der Waals surface area contributed by atoms with Crippen LogP contribution in [0.5, 0.6) is 0 Å². The summed E-state index contributed by atoms with van der Waals surface area (Å²) in [4.78, 5) is 53.6. The van der Waals surface area contributed by atoms with E-state index in [1.807, 2.05) is 105 Å². The maximum Gasteiger partial charge on any atom is 0.407 e. The first kappa shape index (κ1) is 41.0. The third kappa shape index (κ3) is 13.3. The Balaban J connectivity index is 1.64. The maximum absolute atomic E-state index is 14.4. The van der Waals surface area contributed by atoms with Crippen LogP contribution in [0.15, 0.2) is 91.0 Å². The summed E-state index contributed by atoms with van der Waals surface area (Å²) < 4.78 is 29.7. The molecule has 0 radical (unpaired) electrons. The van der Waals surface area contributed by atoms with Crippen molar-refractivity contribution in [1.29, 1.82) is 0 Å². The number of methoxy groups -OCH3 is 1. The average molecular weight is 732 g/mol. The van der Waals surface area contributed by atoms with Crippen molar-refractivity contribution in [3.05, 3.63) is 108 Å². The van der Waals surface area contributed by atoms with Gasteiger partial charge in [0.25, 0.3) is 5.91 Å². The first-order valence-corrected chi connectivity index (χ1v) is 18.0. The van der Waals surface area contributed by atoms with Gasteiger partial charge in [0, 0.05) is 13.0 Å². The summed E-state index contributed by atoms with van der Waals surface area (Å²) in [5.74, 6) is -1.68. The van der Waals surface area contributed by atoms with E-state index in [0.29, 0.717) is 6.42 Å². The van der Waals surface area contributed by atoms with Gasteiger partial charge in [-0.25, -0.2) is 9.59 Å². The Kier molecular flexibility index (Phi) is 15.4. The molecule has 1 aliphatic heterocycles. The smallest absolute Gasteiger partial charge is 0.407 e. The van der Waals surface area contributed by atoms with Gasteiger partial charge in [0.05, 0.1) is 20.3 Å². The van der Waals surface area contributed by atoms with Crippen molar-refractivity contribution in [2.75, 3.05) is 13.7 Å². The number of carbonyl (C=O) groups excluding carboxylic acids is 4. The Morgan fingerprint density at radius 2 is 1.26 bits per heavy atom. The lowest BCUT2D eigenvalue weighted by Gasteiger charge is -2.27. The van der Waals surface area contributed by atoms with E-state index in [9.17, 15) is 19.2 Å². The van der Waals surface area contributed by atoms with E-state index in [1.54, 1.807) is 20.8 Å². The van der Waals surface area contributed by atoms with Crippen LogP contribution in [0.25, 0.3) is 0 Å². The molecule has 53 heavy (non-hydrogen) atoms. The SMILES string of the molecule is COC(=O)[C@H](CC(C)C)NC(=O)[C@H](Cc1ccccc1)NC(=O)[C@H]1O[C@H](CNC(=O)OC(C)(C)C)[C@@H](OCc2ccccc2)[C@@H]1OCc1ccccc1. The van der Waals surface area contributed by atoms with Crippen LogP contribution >= 0.6 is 0 Å². The predicted molar refractivity (Wildman–Crippen MR) is 198 cm³/mol. The summed E-state index contributed by atoms with van der Waals surface area (Å²) in [5, 5.41) is 8.43. The van der Waals surface area contributed by atoms with Crippen LogP contribution in [0.3, 0.4) is 0 Å². The molecule has 12 nitrogen and oxygen atoms in total. The van der Waals surface area contributed by atoms with Gasteiger partial charge in [-0.3, -0.25) is 9.59 Å². The minimum atomic E-state index is -1.25. The van der Waals surface area contributed by atoms with E-state index in [-0.39, 0.29) is 32.1 Å². The van der Waals surface area contributed by atoms with Crippen molar-refractivity contribution in [3.8, 4) is 0 Å². The Labute approximate surface area is 312 Å². The van der Waals surface area contributed by atoms with Crippen molar-refractivity contribution in [2.45, 2.75) is 103 Å². The molecule has 1 fully saturated rings. The normalized spacial score (nSPS) is 19.5. The zero-order valence-corrected chi connectivity index (χ0v) is 31.4. The standard InChI is InChI=1S/C41H53N3O9/c1-27(2)22-32(39(47)49-6)44-37(45)31(23-28-16-10-7-11-17-28)43-38(46)36-35(51-26-30-20-14-9-15-21-30)34(50-25-29-18-12-8-13-19-29)33(52-36)24-42-40(48)53-41(3,4)5/h7-21,27,31-36H,22-26H2,1-6H3,(H,42,48)(H,43,46)(H,44,45)/t31-,32-,33+,34+,35-,36-/m0/s1. The fourth-order valence-electron chi connectivity index (χ4n) is 5.93. The van der Waals surface area contributed by atoms with Crippen molar-refractivity contribution in [2.24, 2.45) is 5.92 Å². The molecule has 3 amide bonds. The largest absolute Gasteiger partial charge is 0.467 e. The zero-order chi connectivity index (χ0) is 38.4. The second-order valence-electron chi connectivity index (χ2n) is 14.5. The Morgan fingerprint density at radius 1 is 0.736 bits per heavy atom. The number of benzene rings is 3.